The summed E-state index contributed by atoms with van der Waals surface area (Å²) in [5, 5.41) is 0. The fourth-order valence-corrected chi connectivity index (χ4v) is 3.90. The van der Waals surface area contributed by atoms with Gasteiger partial charge in [-0.2, -0.15) is 0 Å². The molecule has 0 heterocycles. The topological polar surface area (TPSA) is 69.6 Å². The van der Waals surface area contributed by atoms with Crippen LogP contribution in [-0.2, 0) is 9.09 Å². The molecule has 0 spiro atoms. The number of phosphoric acid groups is 1. The van der Waals surface area contributed by atoms with Gasteiger partial charge in [-0.25, -0.2) is 0 Å². The van der Waals surface area contributed by atoms with Crippen LogP contribution < -0.4 is 56.3 Å². The van der Waals surface area contributed by atoms with Gasteiger partial charge in [0.2, 0.25) is 0 Å². The van der Waals surface area contributed by atoms with Gasteiger partial charge >= 0.3 is 51.4 Å². The second kappa shape index (κ2) is 25.0. The van der Waals surface area contributed by atoms with Crippen LogP contribution in [0.2, 0.25) is 0 Å². The van der Waals surface area contributed by atoms with E-state index in [-0.39, 0.29) is 58.0 Å². The van der Waals surface area contributed by atoms with Crippen molar-refractivity contribution in [3.05, 3.63) is 0 Å². The summed E-state index contributed by atoms with van der Waals surface area (Å²) in [5.74, 6) is 0. The van der Waals surface area contributed by atoms with E-state index < -0.39 is 7.82 Å². The maximum absolute atomic E-state index is 10.4. The summed E-state index contributed by atoms with van der Waals surface area (Å²) in [6.07, 6.45) is 26.4. The van der Waals surface area contributed by atoms with E-state index in [1.807, 2.05) is 0 Å². The summed E-state index contributed by atoms with van der Waals surface area (Å²) in [6.45, 7) is 2.38. The third-order valence-corrected chi connectivity index (χ3v) is 5.76. The standard InChI is InChI=1S/C22H47O4P.K/c1-2-3-4-5-6-7-8-9-10-11-12-13-14-15-16-17-18-19-20-21-22-26-27(23,24)25;/h2-22H2,1H3,(H2,23,24,25);/q;+1/p-1. The molecule has 0 bridgehead atoms. The molecule has 0 aliphatic rings. The van der Waals surface area contributed by atoms with Crippen LogP contribution in [0.4, 0.5) is 0 Å². The molecule has 0 aliphatic carbocycles. The van der Waals surface area contributed by atoms with Crippen molar-refractivity contribution < 1.29 is 70.3 Å². The first-order chi connectivity index (χ1) is 13.1. The predicted octanol–water partition coefficient (Wildman–Crippen LogP) is 4.29. The monoisotopic (exact) mass is 444 g/mol. The van der Waals surface area contributed by atoms with Gasteiger partial charge in [-0.15, -0.1) is 0 Å². The van der Waals surface area contributed by atoms with E-state index in [1.165, 1.54) is 109 Å². The summed E-state index contributed by atoms with van der Waals surface area (Å²) in [4.78, 5) is 18.8. The number of hydrogen-bond donors (Lipinski definition) is 1. The van der Waals surface area contributed by atoms with E-state index in [1.54, 1.807) is 0 Å². The maximum Gasteiger partial charge on any atom is 1.00 e. The molecule has 0 saturated heterocycles. The molecule has 0 aromatic heterocycles. The van der Waals surface area contributed by atoms with Crippen molar-refractivity contribution in [2.75, 3.05) is 6.61 Å². The molecule has 1 unspecified atom stereocenters. The van der Waals surface area contributed by atoms with Crippen LogP contribution >= 0.6 is 7.82 Å². The third kappa shape index (κ3) is 29.9. The van der Waals surface area contributed by atoms with E-state index in [4.69, 9.17) is 4.89 Å². The Morgan fingerprint density at radius 3 is 1.11 bits per heavy atom. The zero-order valence-electron chi connectivity index (χ0n) is 19.0. The Kier molecular flexibility index (Phi) is 28.5. The average molecular weight is 445 g/mol. The Bertz CT molecular complexity index is 336. The fourth-order valence-electron chi connectivity index (χ4n) is 3.54. The second-order valence-electron chi connectivity index (χ2n) is 8.02. The summed E-state index contributed by atoms with van der Waals surface area (Å²) in [5.41, 5.74) is 0. The molecule has 28 heavy (non-hydrogen) atoms. The van der Waals surface area contributed by atoms with Crippen LogP contribution in [-0.4, -0.2) is 11.5 Å². The first-order valence-corrected chi connectivity index (χ1v) is 13.2. The Morgan fingerprint density at radius 2 is 0.857 bits per heavy atom. The van der Waals surface area contributed by atoms with Gasteiger partial charge in [0.05, 0.1) is 6.61 Å². The van der Waals surface area contributed by atoms with Crippen molar-refractivity contribution in [3.63, 3.8) is 0 Å². The molecule has 0 aromatic rings. The van der Waals surface area contributed by atoms with Gasteiger partial charge in [0.25, 0.3) is 7.82 Å². The van der Waals surface area contributed by atoms with Crippen LogP contribution in [0.25, 0.3) is 0 Å². The van der Waals surface area contributed by atoms with E-state index in [9.17, 15) is 9.46 Å². The molecule has 1 atom stereocenters. The summed E-state index contributed by atoms with van der Waals surface area (Å²) in [6, 6.07) is 0. The molecule has 0 amide bonds. The van der Waals surface area contributed by atoms with E-state index in [0.717, 1.165) is 12.8 Å². The predicted molar refractivity (Wildman–Crippen MR) is 114 cm³/mol. The van der Waals surface area contributed by atoms with Crippen molar-refractivity contribution >= 4 is 7.82 Å². The van der Waals surface area contributed by atoms with Gasteiger partial charge in [-0.3, -0.25) is 4.57 Å². The minimum atomic E-state index is -4.51. The number of hydrogen-bond acceptors (Lipinski definition) is 3. The average Bonchev–Trinajstić information content (AvgIpc) is 2.62. The van der Waals surface area contributed by atoms with Crippen molar-refractivity contribution in [1.82, 2.24) is 0 Å². The van der Waals surface area contributed by atoms with Gasteiger partial charge in [-0.05, 0) is 6.42 Å². The molecule has 164 valence electrons. The number of rotatable bonds is 22. The Hall–Kier alpha value is 1.75. The molecule has 0 saturated carbocycles. The molecule has 0 fully saturated rings. The van der Waals surface area contributed by atoms with Crippen molar-refractivity contribution in [2.24, 2.45) is 0 Å². The summed E-state index contributed by atoms with van der Waals surface area (Å²) >= 11 is 0. The molecule has 0 aliphatic heterocycles. The number of unbranched alkanes of at least 4 members (excludes halogenated alkanes) is 19. The van der Waals surface area contributed by atoms with Crippen molar-refractivity contribution in [2.45, 2.75) is 135 Å². The minimum absolute atomic E-state index is 0. The van der Waals surface area contributed by atoms with Crippen LogP contribution in [0.3, 0.4) is 0 Å². The molecular weight excluding hydrogens is 398 g/mol. The van der Waals surface area contributed by atoms with Crippen LogP contribution in [0.1, 0.15) is 135 Å². The molecular formula is C22H46KO4P. The largest absolute Gasteiger partial charge is 1.00 e. The summed E-state index contributed by atoms with van der Waals surface area (Å²) in [7, 11) is -4.51. The Morgan fingerprint density at radius 1 is 0.607 bits per heavy atom. The van der Waals surface area contributed by atoms with Gasteiger partial charge in [0, 0.05) is 0 Å². The molecule has 4 nitrogen and oxygen atoms in total. The second-order valence-corrected chi connectivity index (χ2v) is 9.21. The molecule has 0 radical (unpaired) electrons. The van der Waals surface area contributed by atoms with Crippen molar-refractivity contribution in [3.8, 4) is 0 Å². The van der Waals surface area contributed by atoms with Gasteiger partial charge < -0.3 is 14.3 Å². The molecule has 6 heteroatoms. The molecule has 1 N–H and O–H groups in total. The Labute approximate surface area is 218 Å². The first kappa shape index (κ1) is 31.9. The normalized spacial score (nSPS) is 13.2. The van der Waals surface area contributed by atoms with Crippen LogP contribution in [0, 0.1) is 0 Å². The first-order valence-electron chi connectivity index (χ1n) is 11.7. The quantitative estimate of drug-likeness (QED) is 0.154. The Balaban J connectivity index is 0. The summed E-state index contributed by atoms with van der Waals surface area (Å²) < 4.78 is 14.7. The van der Waals surface area contributed by atoms with E-state index in [0.29, 0.717) is 6.42 Å². The van der Waals surface area contributed by atoms with Gasteiger partial charge in [-0.1, -0.05) is 129 Å². The zero-order valence-corrected chi connectivity index (χ0v) is 23.0. The molecule has 0 rings (SSSR count). The molecule has 0 aromatic carbocycles. The zero-order chi connectivity index (χ0) is 20.1. The number of phosphoric ester groups is 1. The van der Waals surface area contributed by atoms with Crippen LogP contribution in [0.15, 0.2) is 0 Å². The van der Waals surface area contributed by atoms with Gasteiger partial charge in [0.1, 0.15) is 0 Å². The third-order valence-electron chi connectivity index (χ3n) is 5.25. The van der Waals surface area contributed by atoms with E-state index in [2.05, 4.69) is 11.4 Å². The minimum Gasteiger partial charge on any atom is -0.756 e. The maximum atomic E-state index is 10.4. The van der Waals surface area contributed by atoms with Crippen LogP contribution in [0.5, 0.6) is 0 Å². The van der Waals surface area contributed by atoms with Gasteiger partial charge in [0.15, 0.2) is 0 Å². The SMILES string of the molecule is CCCCCCCCCCCCCCCCCCCCCCOP(=O)([O-])O.[K+]. The van der Waals surface area contributed by atoms with E-state index >= 15 is 0 Å². The van der Waals surface area contributed by atoms with Crippen molar-refractivity contribution in [1.29, 1.82) is 0 Å². The fraction of sp³-hybridized carbons (Fsp3) is 1.00. The smallest absolute Gasteiger partial charge is 0.756 e.